The molecule has 1 saturated heterocycles. The van der Waals surface area contributed by atoms with E-state index in [1.165, 1.54) is 0 Å². The first-order valence-electron chi connectivity index (χ1n) is 8.36. The Bertz CT molecular complexity index is 547. The fourth-order valence-electron chi connectivity index (χ4n) is 2.57. The summed E-state index contributed by atoms with van der Waals surface area (Å²) in [5, 5.41) is 2.84. The van der Waals surface area contributed by atoms with Crippen LogP contribution in [0.5, 0.6) is 0 Å². The minimum atomic E-state index is -0.382. The van der Waals surface area contributed by atoms with E-state index in [4.69, 9.17) is 9.47 Å². The van der Waals surface area contributed by atoms with E-state index in [0.29, 0.717) is 19.8 Å². The molecule has 1 fully saturated rings. The van der Waals surface area contributed by atoms with Gasteiger partial charge in [0.25, 0.3) is 0 Å². The molecule has 0 saturated carbocycles. The summed E-state index contributed by atoms with van der Waals surface area (Å²) in [5.74, 6) is -0.681. The van der Waals surface area contributed by atoms with Crippen LogP contribution in [0.2, 0.25) is 0 Å². The van der Waals surface area contributed by atoms with Crippen LogP contribution in [0.3, 0.4) is 0 Å². The minimum absolute atomic E-state index is 0.113. The zero-order valence-electron chi connectivity index (χ0n) is 14.5. The number of carbonyl (C=O) groups excluding carboxylic acids is 2. The number of amides is 2. The standard InChI is InChI=1S/C18H26N2O4/c1-13(2)24-17(21)14(3)11-19-18(22)20-9-10-23-12-16(20)15-7-5-4-6-8-15/h4-8,13-14,16H,9-12H2,1-3H3,(H,19,22)/t14-,16+/m1/s1. The van der Waals surface area contributed by atoms with E-state index >= 15 is 0 Å². The van der Waals surface area contributed by atoms with Crippen molar-refractivity contribution in [3.05, 3.63) is 35.9 Å². The normalized spacial score (nSPS) is 19.0. The van der Waals surface area contributed by atoms with Crippen molar-refractivity contribution in [3.8, 4) is 0 Å². The molecule has 1 aromatic carbocycles. The summed E-state index contributed by atoms with van der Waals surface area (Å²) < 4.78 is 10.7. The molecule has 0 radical (unpaired) electrons. The first-order valence-corrected chi connectivity index (χ1v) is 8.36. The number of rotatable bonds is 5. The second-order valence-corrected chi connectivity index (χ2v) is 6.27. The average molecular weight is 334 g/mol. The number of nitrogens with zero attached hydrogens (tertiary/aromatic N) is 1. The van der Waals surface area contributed by atoms with Gasteiger partial charge in [0.15, 0.2) is 0 Å². The number of esters is 1. The van der Waals surface area contributed by atoms with E-state index in [0.717, 1.165) is 5.56 Å². The Labute approximate surface area is 143 Å². The number of carbonyl (C=O) groups is 2. The highest BCUT2D eigenvalue weighted by Gasteiger charge is 2.29. The molecule has 6 heteroatoms. The lowest BCUT2D eigenvalue weighted by Gasteiger charge is -2.36. The van der Waals surface area contributed by atoms with Crippen LogP contribution in [-0.4, -0.2) is 49.3 Å². The van der Waals surface area contributed by atoms with Gasteiger partial charge in [-0.15, -0.1) is 0 Å². The minimum Gasteiger partial charge on any atom is -0.463 e. The first-order chi connectivity index (χ1) is 11.5. The van der Waals surface area contributed by atoms with Crippen molar-refractivity contribution in [1.29, 1.82) is 0 Å². The maximum absolute atomic E-state index is 12.5. The van der Waals surface area contributed by atoms with Gasteiger partial charge in [-0.3, -0.25) is 4.79 Å². The van der Waals surface area contributed by atoms with Crippen molar-refractivity contribution in [2.75, 3.05) is 26.3 Å². The van der Waals surface area contributed by atoms with Crippen LogP contribution in [0.4, 0.5) is 4.79 Å². The monoisotopic (exact) mass is 334 g/mol. The zero-order chi connectivity index (χ0) is 17.5. The second kappa shape index (κ2) is 8.68. The molecule has 0 aromatic heterocycles. The number of morpholine rings is 1. The smallest absolute Gasteiger partial charge is 0.318 e. The maximum atomic E-state index is 12.5. The summed E-state index contributed by atoms with van der Waals surface area (Å²) in [5.41, 5.74) is 1.04. The largest absolute Gasteiger partial charge is 0.463 e. The van der Waals surface area contributed by atoms with Gasteiger partial charge in [0.05, 0.1) is 31.3 Å². The van der Waals surface area contributed by atoms with Crippen LogP contribution in [-0.2, 0) is 14.3 Å². The van der Waals surface area contributed by atoms with E-state index in [2.05, 4.69) is 5.32 Å². The number of nitrogens with one attached hydrogen (secondary N) is 1. The summed E-state index contributed by atoms with van der Waals surface area (Å²) in [7, 11) is 0. The zero-order valence-corrected chi connectivity index (χ0v) is 14.5. The number of hydrogen-bond acceptors (Lipinski definition) is 4. The van der Waals surface area contributed by atoms with E-state index in [-0.39, 0.29) is 36.6 Å². The average Bonchev–Trinajstić information content (AvgIpc) is 2.59. The van der Waals surface area contributed by atoms with Crippen LogP contribution in [0.1, 0.15) is 32.4 Å². The Morgan fingerprint density at radius 1 is 1.29 bits per heavy atom. The summed E-state index contributed by atoms with van der Waals surface area (Å²) in [4.78, 5) is 26.1. The Morgan fingerprint density at radius 3 is 2.67 bits per heavy atom. The molecule has 0 aliphatic carbocycles. The maximum Gasteiger partial charge on any atom is 0.318 e. The highest BCUT2D eigenvalue weighted by molar-refractivity contribution is 5.77. The molecule has 2 atom stereocenters. The van der Waals surface area contributed by atoms with Gasteiger partial charge in [0.1, 0.15) is 0 Å². The van der Waals surface area contributed by atoms with Gasteiger partial charge in [0, 0.05) is 13.1 Å². The molecule has 24 heavy (non-hydrogen) atoms. The van der Waals surface area contributed by atoms with E-state index in [9.17, 15) is 9.59 Å². The predicted octanol–water partition coefficient (Wildman–Crippen LogP) is 2.36. The molecule has 2 amide bonds. The SMILES string of the molecule is CC(C)OC(=O)[C@H](C)CNC(=O)N1CCOC[C@H]1c1ccccc1. The predicted molar refractivity (Wildman–Crippen MR) is 90.5 cm³/mol. The lowest BCUT2D eigenvalue weighted by atomic mass is 10.1. The summed E-state index contributed by atoms with van der Waals surface area (Å²) >= 11 is 0. The molecule has 1 heterocycles. The lowest BCUT2D eigenvalue weighted by molar-refractivity contribution is -0.151. The number of hydrogen-bond donors (Lipinski definition) is 1. The van der Waals surface area contributed by atoms with Crippen LogP contribution in [0.25, 0.3) is 0 Å². The number of ether oxygens (including phenoxy) is 2. The van der Waals surface area contributed by atoms with Gasteiger partial charge in [-0.2, -0.15) is 0 Å². The van der Waals surface area contributed by atoms with Gasteiger partial charge < -0.3 is 19.7 Å². The van der Waals surface area contributed by atoms with Gasteiger partial charge >= 0.3 is 12.0 Å². The molecule has 0 bridgehead atoms. The van der Waals surface area contributed by atoms with Gasteiger partial charge in [-0.1, -0.05) is 37.3 Å². The van der Waals surface area contributed by atoms with Crippen molar-refractivity contribution in [1.82, 2.24) is 10.2 Å². The highest BCUT2D eigenvalue weighted by atomic mass is 16.5. The van der Waals surface area contributed by atoms with Crippen LogP contribution in [0.15, 0.2) is 30.3 Å². The third-order valence-electron chi connectivity index (χ3n) is 3.89. The van der Waals surface area contributed by atoms with E-state index in [1.807, 2.05) is 30.3 Å². The molecule has 6 nitrogen and oxygen atoms in total. The summed E-state index contributed by atoms with van der Waals surface area (Å²) in [6.07, 6.45) is -0.155. The van der Waals surface area contributed by atoms with E-state index in [1.54, 1.807) is 25.7 Å². The summed E-state index contributed by atoms with van der Waals surface area (Å²) in [6, 6.07) is 9.52. The highest BCUT2D eigenvalue weighted by Crippen LogP contribution is 2.23. The molecule has 2 rings (SSSR count). The quantitative estimate of drug-likeness (QED) is 0.840. The van der Waals surface area contributed by atoms with Crippen molar-refractivity contribution < 1.29 is 19.1 Å². The number of benzene rings is 1. The molecule has 1 aromatic rings. The fraction of sp³-hybridized carbons (Fsp3) is 0.556. The van der Waals surface area contributed by atoms with E-state index < -0.39 is 0 Å². The molecule has 1 aliphatic heterocycles. The van der Waals surface area contributed by atoms with Crippen molar-refractivity contribution in [3.63, 3.8) is 0 Å². The molecular weight excluding hydrogens is 308 g/mol. The van der Waals surface area contributed by atoms with Gasteiger partial charge in [-0.05, 0) is 19.4 Å². The van der Waals surface area contributed by atoms with Crippen LogP contribution in [0, 0.1) is 5.92 Å². The van der Waals surface area contributed by atoms with Gasteiger partial charge in [-0.25, -0.2) is 4.79 Å². The fourth-order valence-corrected chi connectivity index (χ4v) is 2.57. The Kier molecular flexibility index (Phi) is 6.61. The number of urea groups is 1. The Balaban J connectivity index is 1.93. The molecule has 0 unspecified atom stereocenters. The van der Waals surface area contributed by atoms with Crippen molar-refractivity contribution in [2.45, 2.75) is 32.9 Å². The van der Waals surface area contributed by atoms with Crippen molar-refractivity contribution >= 4 is 12.0 Å². The summed E-state index contributed by atoms with van der Waals surface area (Å²) in [6.45, 7) is 7.13. The van der Waals surface area contributed by atoms with Crippen LogP contribution < -0.4 is 5.32 Å². The topological polar surface area (TPSA) is 67.9 Å². The van der Waals surface area contributed by atoms with Crippen LogP contribution >= 0.6 is 0 Å². The van der Waals surface area contributed by atoms with Crippen molar-refractivity contribution in [2.24, 2.45) is 5.92 Å². The Morgan fingerprint density at radius 2 is 2.00 bits per heavy atom. The van der Waals surface area contributed by atoms with Gasteiger partial charge in [0.2, 0.25) is 0 Å². The molecule has 0 spiro atoms. The molecular formula is C18H26N2O4. The Hall–Kier alpha value is -2.08. The third-order valence-corrected chi connectivity index (χ3v) is 3.89. The molecule has 1 aliphatic rings. The first kappa shape index (κ1) is 18.3. The molecule has 1 N–H and O–H groups in total. The molecule has 132 valence electrons. The second-order valence-electron chi connectivity index (χ2n) is 6.27. The third kappa shape index (κ3) is 4.96. The lowest BCUT2D eigenvalue weighted by Crippen LogP contribution is -2.49.